The van der Waals surface area contributed by atoms with E-state index in [0.717, 1.165) is 11.1 Å². The minimum Gasteiger partial charge on any atom is -0.497 e. The van der Waals surface area contributed by atoms with Gasteiger partial charge in [0.05, 0.1) is 45.4 Å². The zero-order valence-corrected chi connectivity index (χ0v) is 18.6. The molecule has 3 heterocycles. The van der Waals surface area contributed by atoms with E-state index in [1.54, 1.807) is 53.7 Å². The maximum atomic E-state index is 13.2. The summed E-state index contributed by atoms with van der Waals surface area (Å²) in [7, 11) is 4.79. The Balaban J connectivity index is 1.56. The SMILES string of the molecule is COCCn1c(=O)n([C@@H]2CCN(C(=O)Cc3cc(OC)ccc3OC)C2)c2ncccc21. The predicted octanol–water partition coefficient (Wildman–Crippen LogP) is 1.88. The number of hydrogen-bond acceptors (Lipinski definition) is 6. The van der Waals surface area contributed by atoms with Crippen LogP contribution in [0.1, 0.15) is 18.0 Å². The molecule has 2 aromatic heterocycles. The van der Waals surface area contributed by atoms with Gasteiger partial charge in [-0.2, -0.15) is 0 Å². The van der Waals surface area contributed by atoms with Crippen molar-refractivity contribution in [3.8, 4) is 11.5 Å². The number of amides is 1. The van der Waals surface area contributed by atoms with Crippen molar-refractivity contribution in [3.63, 3.8) is 0 Å². The first-order valence-corrected chi connectivity index (χ1v) is 10.6. The fourth-order valence-electron chi connectivity index (χ4n) is 4.31. The van der Waals surface area contributed by atoms with Gasteiger partial charge in [0.15, 0.2) is 5.65 Å². The maximum absolute atomic E-state index is 13.2. The third-order valence-electron chi connectivity index (χ3n) is 5.95. The van der Waals surface area contributed by atoms with Gasteiger partial charge in [0.1, 0.15) is 11.5 Å². The number of imidazole rings is 1. The standard InChI is InChI=1S/C23H28N4O5/c1-30-12-11-26-19-5-4-9-24-22(19)27(23(26)29)17-8-10-25(15-17)21(28)14-16-13-18(31-2)6-7-20(16)32-3/h4-7,9,13,17H,8,10-12,14-15H2,1-3H3/t17-/m1/s1. The normalized spacial score (nSPS) is 16.0. The largest absolute Gasteiger partial charge is 0.497 e. The number of pyridine rings is 1. The molecule has 9 heteroatoms. The number of hydrogen-bond donors (Lipinski definition) is 0. The van der Waals surface area contributed by atoms with Crippen LogP contribution in [0, 0.1) is 0 Å². The molecule has 4 rings (SSSR count). The molecule has 1 aliphatic heterocycles. The first kappa shape index (κ1) is 21.9. The highest BCUT2D eigenvalue weighted by molar-refractivity contribution is 5.80. The molecular formula is C23H28N4O5. The van der Waals surface area contributed by atoms with Crippen LogP contribution in [0.5, 0.6) is 11.5 Å². The van der Waals surface area contributed by atoms with Crippen LogP contribution in [0.15, 0.2) is 41.3 Å². The molecule has 32 heavy (non-hydrogen) atoms. The highest BCUT2D eigenvalue weighted by Gasteiger charge is 2.31. The van der Waals surface area contributed by atoms with Crippen LogP contribution in [-0.4, -0.2) is 66.0 Å². The number of carbonyl (C=O) groups is 1. The lowest BCUT2D eigenvalue weighted by atomic mass is 10.1. The number of benzene rings is 1. The Labute approximate surface area is 186 Å². The molecule has 0 unspecified atom stereocenters. The highest BCUT2D eigenvalue weighted by atomic mass is 16.5. The summed E-state index contributed by atoms with van der Waals surface area (Å²) in [4.78, 5) is 32.5. The van der Waals surface area contributed by atoms with Crippen molar-refractivity contribution in [2.75, 3.05) is 41.0 Å². The Bertz CT molecular complexity index is 1170. The lowest BCUT2D eigenvalue weighted by molar-refractivity contribution is -0.129. The Morgan fingerprint density at radius 1 is 1.19 bits per heavy atom. The number of likely N-dealkylation sites (tertiary alicyclic amines) is 1. The molecular weight excluding hydrogens is 412 g/mol. The number of carbonyl (C=O) groups excluding carboxylic acids is 1. The van der Waals surface area contributed by atoms with Gasteiger partial charge < -0.3 is 19.1 Å². The fraction of sp³-hybridized carbons (Fsp3) is 0.435. The molecule has 1 atom stereocenters. The summed E-state index contributed by atoms with van der Waals surface area (Å²) in [6.07, 6.45) is 2.59. The Hall–Kier alpha value is -3.33. The summed E-state index contributed by atoms with van der Waals surface area (Å²) in [5.41, 5.74) is 2.07. The minimum atomic E-state index is -0.125. The Morgan fingerprint density at radius 3 is 2.78 bits per heavy atom. The minimum absolute atomic E-state index is 0.0109. The molecule has 0 bridgehead atoms. The third kappa shape index (κ3) is 4.08. The van der Waals surface area contributed by atoms with E-state index in [0.29, 0.717) is 49.8 Å². The molecule has 1 fully saturated rings. The zero-order chi connectivity index (χ0) is 22.7. The van der Waals surface area contributed by atoms with E-state index >= 15 is 0 Å². The molecule has 0 saturated carbocycles. The van der Waals surface area contributed by atoms with Crippen LogP contribution >= 0.6 is 0 Å². The predicted molar refractivity (Wildman–Crippen MR) is 119 cm³/mol. The van der Waals surface area contributed by atoms with Crippen molar-refractivity contribution >= 4 is 17.1 Å². The Morgan fingerprint density at radius 2 is 2.03 bits per heavy atom. The Kier molecular flexibility index (Phi) is 6.45. The van der Waals surface area contributed by atoms with Gasteiger partial charge in [-0.1, -0.05) is 0 Å². The van der Waals surface area contributed by atoms with E-state index in [-0.39, 0.29) is 24.1 Å². The van der Waals surface area contributed by atoms with Crippen LogP contribution in [0.2, 0.25) is 0 Å². The number of aromatic nitrogens is 3. The van der Waals surface area contributed by atoms with E-state index in [1.807, 2.05) is 18.2 Å². The quantitative estimate of drug-likeness (QED) is 0.532. The topological polar surface area (TPSA) is 87.8 Å². The van der Waals surface area contributed by atoms with Gasteiger partial charge in [-0.05, 0) is 36.8 Å². The average Bonchev–Trinajstić information content (AvgIpc) is 3.40. The fourth-order valence-corrected chi connectivity index (χ4v) is 4.31. The molecule has 0 N–H and O–H groups in total. The molecule has 1 aromatic carbocycles. The molecule has 170 valence electrons. The van der Waals surface area contributed by atoms with Crippen molar-refractivity contribution in [2.24, 2.45) is 0 Å². The monoisotopic (exact) mass is 440 g/mol. The lowest BCUT2D eigenvalue weighted by Crippen LogP contribution is -2.33. The number of nitrogens with zero attached hydrogens (tertiary/aromatic N) is 4. The smallest absolute Gasteiger partial charge is 0.330 e. The maximum Gasteiger partial charge on any atom is 0.330 e. The van der Waals surface area contributed by atoms with Gasteiger partial charge >= 0.3 is 5.69 Å². The summed E-state index contributed by atoms with van der Waals surface area (Å²) < 4.78 is 19.3. The number of ether oxygens (including phenoxy) is 3. The van der Waals surface area contributed by atoms with E-state index in [1.165, 1.54) is 0 Å². The van der Waals surface area contributed by atoms with Crippen LogP contribution in [-0.2, 0) is 22.5 Å². The van der Waals surface area contributed by atoms with Gasteiger partial charge in [-0.3, -0.25) is 13.9 Å². The first-order chi connectivity index (χ1) is 15.6. The first-order valence-electron chi connectivity index (χ1n) is 10.6. The van der Waals surface area contributed by atoms with Crippen LogP contribution in [0.3, 0.4) is 0 Å². The second-order valence-electron chi connectivity index (χ2n) is 7.78. The van der Waals surface area contributed by atoms with Gasteiger partial charge in [0.25, 0.3) is 0 Å². The average molecular weight is 441 g/mol. The van der Waals surface area contributed by atoms with Crippen molar-refractivity contribution in [3.05, 3.63) is 52.6 Å². The third-order valence-corrected chi connectivity index (χ3v) is 5.95. The van der Waals surface area contributed by atoms with Gasteiger partial charge in [0.2, 0.25) is 5.91 Å². The zero-order valence-electron chi connectivity index (χ0n) is 18.6. The number of fused-ring (bicyclic) bond motifs is 1. The van der Waals surface area contributed by atoms with Gasteiger partial charge in [-0.15, -0.1) is 0 Å². The number of methoxy groups -OCH3 is 3. The van der Waals surface area contributed by atoms with Crippen molar-refractivity contribution in [2.45, 2.75) is 25.4 Å². The molecule has 1 saturated heterocycles. The van der Waals surface area contributed by atoms with E-state index in [2.05, 4.69) is 4.98 Å². The summed E-state index contributed by atoms with van der Waals surface area (Å²) >= 11 is 0. The molecule has 1 amide bonds. The second-order valence-corrected chi connectivity index (χ2v) is 7.78. The van der Waals surface area contributed by atoms with Crippen LogP contribution in [0.25, 0.3) is 11.2 Å². The van der Waals surface area contributed by atoms with Crippen molar-refractivity contribution in [1.29, 1.82) is 0 Å². The van der Waals surface area contributed by atoms with Crippen molar-refractivity contribution < 1.29 is 19.0 Å². The summed E-state index contributed by atoms with van der Waals surface area (Å²) in [6.45, 7) is 1.94. The van der Waals surface area contributed by atoms with Gasteiger partial charge in [0, 0.05) is 32.0 Å². The molecule has 1 aliphatic rings. The molecule has 9 nitrogen and oxygen atoms in total. The molecule has 0 spiro atoms. The summed E-state index contributed by atoms with van der Waals surface area (Å²) in [5, 5.41) is 0. The molecule has 3 aromatic rings. The van der Waals surface area contributed by atoms with Crippen LogP contribution < -0.4 is 15.2 Å². The van der Waals surface area contributed by atoms with E-state index in [9.17, 15) is 9.59 Å². The molecule has 0 radical (unpaired) electrons. The lowest BCUT2D eigenvalue weighted by Gasteiger charge is -2.18. The van der Waals surface area contributed by atoms with Crippen molar-refractivity contribution in [1.82, 2.24) is 19.0 Å². The van der Waals surface area contributed by atoms with Gasteiger partial charge in [-0.25, -0.2) is 9.78 Å². The number of rotatable bonds is 8. The summed E-state index contributed by atoms with van der Waals surface area (Å²) in [6, 6.07) is 9.01. The highest BCUT2D eigenvalue weighted by Crippen LogP contribution is 2.28. The van der Waals surface area contributed by atoms with E-state index in [4.69, 9.17) is 14.2 Å². The second kappa shape index (κ2) is 9.44. The van der Waals surface area contributed by atoms with Crippen LogP contribution in [0.4, 0.5) is 0 Å². The molecule has 0 aliphatic carbocycles. The van der Waals surface area contributed by atoms with E-state index < -0.39 is 0 Å². The summed E-state index contributed by atoms with van der Waals surface area (Å²) in [5.74, 6) is 1.31.